The van der Waals surface area contributed by atoms with Crippen molar-refractivity contribution in [2.45, 2.75) is 6.42 Å². The second-order valence-electron chi connectivity index (χ2n) is 5.47. The normalized spacial score (nSPS) is 15.9. The number of halogens is 1. The van der Waals surface area contributed by atoms with Crippen LogP contribution >= 0.6 is 0 Å². The average Bonchev–Trinajstić information content (AvgIpc) is 2.55. The highest BCUT2D eigenvalue weighted by molar-refractivity contribution is 5.63. The van der Waals surface area contributed by atoms with Gasteiger partial charge in [-0.25, -0.2) is 14.4 Å². The zero-order valence-corrected chi connectivity index (χ0v) is 12.4. The minimum Gasteiger partial charge on any atom is -0.370 e. The Labute approximate surface area is 128 Å². The van der Waals surface area contributed by atoms with Crippen LogP contribution in [0.3, 0.4) is 0 Å². The summed E-state index contributed by atoms with van der Waals surface area (Å²) in [5.74, 6) is -0.0214. The summed E-state index contributed by atoms with van der Waals surface area (Å²) in [7, 11) is 0. The third kappa shape index (κ3) is 3.58. The Morgan fingerprint density at radius 1 is 1.18 bits per heavy atom. The SMILES string of the molecule is Nc1ncc(CC[NH+]2CCOCC2)c(-c2ccc(F)cc2)n1. The summed E-state index contributed by atoms with van der Waals surface area (Å²) in [5.41, 5.74) is 8.41. The molecule has 3 rings (SSSR count). The highest BCUT2D eigenvalue weighted by Gasteiger charge is 2.16. The lowest BCUT2D eigenvalue weighted by Crippen LogP contribution is -3.14. The first-order valence-electron chi connectivity index (χ1n) is 7.51. The van der Waals surface area contributed by atoms with Gasteiger partial charge in [0.25, 0.3) is 0 Å². The first kappa shape index (κ1) is 14.9. The number of morpholine rings is 1. The monoisotopic (exact) mass is 303 g/mol. The molecule has 1 aromatic carbocycles. The molecular weight excluding hydrogens is 283 g/mol. The van der Waals surface area contributed by atoms with Gasteiger partial charge in [-0.3, -0.25) is 0 Å². The molecule has 3 N–H and O–H groups in total. The summed E-state index contributed by atoms with van der Waals surface area (Å²) in [6.45, 7) is 4.70. The Hall–Kier alpha value is -2.05. The van der Waals surface area contributed by atoms with Crippen molar-refractivity contribution in [1.82, 2.24) is 9.97 Å². The fourth-order valence-corrected chi connectivity index (χ4v) is 2.68. The number of benzene rings is 1. The van der Waals surface area contributed by atoms with Gasteiger partial charge in [0.2, 0.25) is 5.95 Å². The lowest BCUT2D eigenvalue weighted by molar-refractivity contribution is -0.907. The molecule has 0 bridgehead atoms. The zero-order chi connectivity index (χ0) is 15.4. The molecule has 0 radical (unpaired) electrons. The Balaban J connectivity index is 1.79. The number of aromatic nitrogens is 2. The van der Waals surface area contributed by atoms with Gasteiger partial charge in [0.05, 0.1) is 25.5 Å². The van der Waals surface area contributed by atoms with E-state index >= 15 is 0 Å². The number of nitrogen functional groups attached to an aromatic ring is 1. The van der Waals surface area contributed by atoms with Crippen LogP contribution in [0.25, 0.3) is 11.3 Å². The van der Waals surface area contributed by atoms with E-state index in [9.17, 15) is 4.39 Å². The van der Waals surface area contributed by atoms with Gasteiger partial charge in [-0.05, 0) is 24.3 Å². The topological polar surface area (TPSA) is 65.5 Å². The largest absolute Gasteiger partial charge is 0.370 e. The van der Waals surface area contributed by atoms with Crippen LogP contribution in [0.1, 0.15) is 5.56 Å². The minimum atomic E-state index is -0.259. The van der Waals surface area contributed by atoms with Crippen LogP contribution < -0.4 is 10.6 Å². The molecule has 22 heavy (non-hydrogen) atoms. The maximum atomic E-state index is 13.1. The summed E-state index contributed by atoms with van der Waals surface area (Å²) >= 11 is 0. The standard InChI is InChI=1S/C16H19FN4O/c17-14-3-1-12(2-4-14)15-13(11-19-16(18)20-15)5-6-21-7-9-22-10-8-21/h1-4,11H,5-10H2,(H2,18,19,20)/p+1. The van der Waals surface area contributed by atoms with Crippen molar-refractivity contribution < 1.29 is 14.0 Å². The van der Waals surface area contributed by atoms with Crippen LogP contribution in [0, 0.1) is 5.82 Å². The number of hydrogen-bond acceptors (Lipinski definition) is 4. The predicted octanol–water partition coefficient (Wildman–Crippen LogP) is 0.323. The van der Waals surface area contributed by atoms with Gasteiger partial charge < -0.3 is 15.4 Å². The molecule has 2 heterocycles. The molecule has 2 aromatic rings. The molecule has 5 nitrogen and oxygen atoms in total. The second kappa shape index (κ2) is 6.81. The Kier molecular flexibility index (Phi) is 4.60. The summed E-state index contributed by atoms with van der Waals surface area (Å²) in [6.07, 6.45) is 2.64. The van der Waals surface area contributed by atoms with E-state index in [0.717, 1.165) is 56.1 Å². The van der Waals surface area contributed by atoms with Crippen LogP contribution in [0.4, 0.5) is 10.3 Å². The highest BCUT2D eigenvalue weighted by atomic mass is 19.1. The van der Waals surface area contributed by atoms with Gasteiger partial charge in [0, 0.05) is 23.7 Å². The molecule has 0 atom stereocenters. The van der Waals surface area contributed by atoms with Crippen LogP contribution in [0.2, 0.25) is 0 Å². The Morgan fingerprint density at radius 3 is 2.64 bits per heavy atom. The molecular formula is C16H20FN4O+. The zero-order valence-electron chi connectivity index (χ0n) is 12.4. The number of quaternary nitrogens is 1. The molecule has 0 saturated carbocycles. The van der Waals surface area contributed by atoms with Gasteiger partial charge in [-0.1, -0.05) is 0 Å². The summed E-state index contributed by atoms with van der Waals surface area (Å²) in [5, 5.41) is 0. The van der Waals surface area contributed by atoms with Gasteiger partial charge >= 0.3 is 0 Å². The minimum absolute atomic E-state index is 0.238. The predicted molar refractivity (Wildman–Crippen MR) is 81.9 cm³/mol. The van der Waals surface area contributed by atoms with Gasteiger partial charge in [0.1, 0.15) is 18.9 Å². The van der Waals surface area contributed by atoms with Crippen molar-refractivity contribution in [3.8, 4) is 11.3 Å². The quantitative estimate of drug-likeness (QED) is 0.854. The lowest BCUT2D eigenvalue weighted by atomic mass is 10.0. The maximum absolute atomic E-state index is 13.1. The number of rotatable bonds is 4. The molecule has 116 valence electrons. The van der Waals surface area contributed by atoms with Gasteiger partial charge in [0.15, 0.2) is 0 Å². The second-order valence-corrected chi connectivity index (χ2v) is 5.47. The first-order valence-corrected chi connectivity index (χ1v) is 7.51. The Bertz CT molecular complexity index is 627. The van der Waals surface area contributed by atoms with E-state index in [1.54, 1.807) is 18.3 Å². The Morgan fingerprint density at radius 2 is 1.91 bits per heavy atom. The molecule has 1 aliphatic rings. The van der Waals surface area contributed by atoms with Gasteiger partial charge in [-0.15, -0.1) is 0 Å². The fraction of sp³-hybridized carbons (Fsp3) is 0.375. The van der Waals surface area contributed by atoms with Crippen molar-refractivity contribution in [2.75, 3.05) is 38.6 Å². The van der Waals surface area contributed by atoms with Crippen LogP contribution in [-0.4, -0.2) is 42.8 Å². The van der Waals surface area contributed by atoms with Gasteiger partial charge in [-0.2, -0.15) is 0 Å². The summed E-state index contributed by atoms with van der Waals surface area (Å²) in [6, 6.07) is 6.32. The first-order chi connectivity index (χ1) is 10.7. The molecule has 0 spiro atoms. The van der Waals surface area contributed by atoms with Crippen molar-refractivity contribution in [2.24, 2.45) is 0 Å². The van der Waals surface area contributed by atoms with Crippen molar-refractivity contribution >= 4 is 5.95 Å². The number of nitrogens with zero attached hydrogens (tertiary/aromatic N) is 2. The maximum Gasteiger partial charge on any atom is 0.220 e. The van der Waals surface area contributed by atoms with E-state index in [4.69, 9.17) is 10.5 Å². The molecule has 1 saturated heterocycles. The molecule has 1 aliphatic heterocycles. The smallest absolute Gasteiger partial charge is 0.220 e. The van der Waals surface area contributed by atoms with E-state index in [-0.39, 0.29) is 11.8 Å². The number of nitrogens with one attached hydrogen (secondary N) is 1. The molecule has 0 amide bonds. The number of hydrogen-bond donors (Lipinski definition) is 2. The van der Waals surface area contributed by atoms with Crippen molar-refractivity contribution in [1.29, 1.82) is 0 Å². The van der Waals surface area contributed by atoms with E-state index in [1.807, 2.05) is 0 Å². The number of ether oxygens (including phenoxy) is 1. The number of anilines is 1. The molecule has 1 aromatic heterocycles. The molecule has 0 aliphatic carbocycles. The molecule has 6 heteroatoms. The van der Waals surface area contributed by atoms with E-state index in [1.165, 1.54) is 17.0 Å². The van der Waals surface area contributed by atoms with E-state index in [2.05, 4.69) is 9.97 Å². The molecule has 1 fully saturated rings. The van der Waals surface area contributed by atoms with Crippen LogP contribution in [0.15, 0.2) is 30.5 Å². The fourth-order valence-electron chi connectivity index (χ4n) is 2.68. The highest BCUT2D eigenvalue weighted by Crippen LogP contribution is 2.22. The number of nitrogens with two attached hydrogens (primary N) is 1. The molecule has 0 unspecified atom stereocenters. The third-order valence-electron chi connectivity index (χ3n) is 3.95. The summed E-state index contributed by atoms with van der Waals surface area (Å²) < 4.78 is 18.5. The summed E-state index contributed by atoms with van der Waals surface area (Å²) in [4.78, 5) is 9.97. The van der Waals surface area contributed by atoms with Crippen molar-refractivity contribution in [3.63, 3.8) is 0 Å². The van der Waals surface area contributed by atoms with E-state index < -0.39 is 0 Å². The van der Waals surface area contributed by atoms with Crippen molar-refractivity contribution in [3.05, 3.63) is 41.8 Å². The third-order valence-corrected chi connectivity index (χ3v) is 3.95. The van der Waals surface area contributed by atoms with Crippen LogP contribution in [0.5, 0.6) is 0 Å². The average molecular weight is 303 g/mol. The van der Waals surface area contributed by atoms with E-state index in [0.29, 0.717) is 0 Å². The lowest BCUT2D eigenvalue weighted by Gasteiger charge is -2.23. The van der Waals surface area contributed by atoms with Crippen LogP contribution in [-0.2, 0) is 11.2 Å².